The number of rotatable bonds is 6. The molecule has 0 saturated carbocycles. The number of carbonyl (C=O) groups is 1. The van der Waals surface area contributed by atoms with E-state index in [1.54, 1.807) is 0 Å². The highest BCUT2D eigenvalue weighted by atomic mass is 35.5. The smallest absolute Gasteiger partial charge is 0.222 e. The molecule has 0 spiro atoms. The molecule has 1 aliphatic heterocycles. The van der Waals surface area contributed by atoms with E-state index in [-0.39, 0.29) is 5.91 Å². The third-order valence-corrected chi connectivity index (χ3v) is 6.22. The molecule has 166 valence electrons. The number of anilines is 1. The average Bonchev–Trinajstić information content (AvgIpc) is 2.85. The number of hydrogen-bond acceptors (Lipinski definition) is 4. The highest BCUT2D eigenvalue weighted by Gasteiger charge is 2.25. The second kappa shape index (κ2) is 10.1. The third-order valence-electron chi connectivity index (χ3n) is 5.97. The van der Waals surface area contributed by atoms with Crippen LogP contribution in [0.1, 0.15) is 37.1 Å². The molecule has 1 amide bonds. The normalized spacial score (nSPS) is 14.0. The Morgan fingerprint density at radius 1 is 0.938 bits per heavy atom. The minimum atomic E-state index is 0.216. The first-order valence-electron chi connectivity index (χ1n) is 11.3. The summed E-state index contributed by atoms with van der Waals surface area (Å²) in [6.07, 6.45) is 2.12. The van der Waals surface area contributed by atoms with E-state index in [0.717, 1.165) is 72.5 Å². The Labute approximate surface area is 195 Å². The number of piperazine rings is 1. The fraction of sp³-hybridized carbons (Fsp3) is 0.346. The van der Waals surface area contributed by atoms with Gasteiger partial charge >= 0.3 is 0 Å². The van der Waals surface area contributed by atoms with Gasteiger partial charge in [0.2, 0.25) is 5.91 Å². The minimum Gasteiger partial charge on any atom is -0.353 e. The summed E-state index contributed by atoms with van der Waals surface area (Å²) in [6, 6.07) is 18.1. The standard InChI is InChI=1S/C26H29ClN4O/c1-3-23-22(18-19-10-12-21(27)13-11-19)26(29-25(28-23)20-8-6-5-7-9-20)31-16-14-30(15-17-31)24(32)4-2/h5-13H,3-4,14-18H2,1-2H3. The number of amides is 1. The lowest BCUT2D eigenvalue weighted by atomic mass is 10.0. The monoisotopic (exact) mass is 448 g/mol. The molecule has 0 atom stereocenters. The van der Waals surface area contributed by atoms with Gasteiger partial charge in [0.25, 0.3) is 0 Å². The molecule has 0 bridgehead atoms. The fourth-order valence-electron chi connectivity index (χ4n) is 4.17. The molecule has 6 heteroatoms. The molecule has 2 aromatic carbocycles. The quantitative estimate of drug-likeness (QED) is 0.532. The molecule has 1 aliphatic rings. The van der Waals surface area contributed by atoms with Gasteiger partial charge in [-0.15, -0.1) is 0 Å². The van der Waals surface area contributed by atoms with Crippen molar-refractivity contribution < 1.29 is 4.79 Å². The van der Waals surface area contributed by atoms with Crippen molar-refractivity contribution in [2.75, 3.05) is 31.1 Å². The Morgan fingerprint density at radius 3 is 2.25 bits per heavy atom. The van der Waals surface area contributed by atoms with Gasteiger partial charge in [0.1, 0.15) is 5.82 Å². The van der Waals surface area contributed by atoms with Crippen LogP contribution in [0.5, 0.6) is 0 Å². The van der Waals surface area contributed by atoms with E-state index < -0.39 is 0 Å². The first-order valence-corrected chi connectivity index (χ1v) is 11.7. The van der Waals surface area contributed by atoms with Crippen molar-refractivity contribution in [3.8, 4) is 11.4 Å². The van der Waals surface area contributed by atoms with Crippen LogP contribution >= 0.6 is 11.6 Å². The van der Waals surface area contributed by atoms with Crippen molar-refractivity contribution in [3.63, 3.8) is 0 Å². The molecule has 1 aromatic heterocycles. The SMILES string of the molecule is CCC(=O)N1CCN(c2nc(-c3ccccc3)nc(CC)c2Cc2ccc(Cl)cc2)CC1. The van der Waals surface area contributed by atoms with Gasteiger partial charge in [-0.3, -0.25) is 4.79 Å². The van der Waals surface area contributed by atoms with Crippen molar-refractivity contribution in [2.24, 2.45) is 0 Å². The van der Waals surface area contributed by atoms with Crippen LogP contribution in [0.3, 0.4) is 0 Å². The molecule has 1 saturated heterocycles. The zero-order chi connectivity index (χ0) is 22.5. The summed E-state index contributed by atoms with van der Waals surface area (Å²) >= 11 is 6.10. The van der Waals surface area contributed by atoms with Crippen molar-refractivity contribution in [3.05, 3.63) is 76.4 Å². The number of aromatic nitrogens is 2. The zero-order valence-electron chi connectivity index (χ0n) is 18.7. The summed E-state index contributed by atoms with van der Waals surface area (Å²) < 4.78 is 0. The molecule has 0 radical (unpaired) electrons. The molecule has 5 nitrogen and oxygen atoms in total. The van der Waals surface area contributed by atoms with E-state index in [4.69, 9.17) is 21.6 Å². The lowest BCUT2D eigenvalue weighted by molar-refractivity contribution is -0.131. The van der Waals surface area contributed by atoms with Gasteiger partial charge in [-0.2, -0.15) is 0 Å². The topological polar surface area (TPSA) is 49.3 Å². The maximum absolute atomic E-state index is 12.2. The van der Waals surface area contributed by atoms with Crippen LogP contribution in [0.15, 0.2) is 54.6 Å². The van der Waals surface area contributed by atoms with Gasteiger partial charge < -0.3 is 9.80 Å². The highest BCUT2D eigenvalue weighted by molar-refractivity contribution is 6.30. The molecule has 0 N–H and O–H groups in total. The van der Waals surface area contributed by atoms with E-state index in [2.05, 4.69) is 36.1 Å². The Kier molecular flexibility index (Phi) is 7.05. The molecule has 1 fully saturated rings. The summed E-state index contributed by atoms with van der Waals surface area (Å²) in [4.78, 5) is 26.5. The van der Waals surface area contributed by atoms with Crippen LogP contribution in [-0.4, -0.2) is 47.0 Å². The summed E-state index contributed by atoms with van der Waals surface area (Å²) in [5, 5.41) is 0.733. The van der Waals surface area contributed by atoms with Crippen LogP contribution in [0, 0.1) is 0 Å². The number of carbonyl (C=O) groups excluding carboxylic acids is 1. The first-order chi connectivity index (χ1) is 15.6. The lowest BCUT2D eigenvalue weighted by Crippen LogP contribution is -2.49. The molecule has 3 aromatic rings. The van der Waals surface area contributed by atoms with E-state index in [0.29, 0.717) is 6.42 Å². The molecular weight excluding hydrogens is 420 g/mol. The van der Waals surface area contributed by atoms with Gasteiger partial charge in [-0.05, 0) is 24.1 Å². The molecule has 4 rings (SSSR count). The average molecular weight is 449 g/mol. The maximum atomic E-state index is 12.2. The number of halogens is 1. The number of benzene rings is 2. The second-order valence-electron chi connectivity index (χ2n) is 8.04. The van der Waals surface area contributed by atoms with E-state index in [9.17, 15) is 4.79 Å². The van der Waals surface area contributed by atoms with Crippen LogP contribution in [-0.2, 0) is 17.6 Å². The predicted molar refractivity (Wildman–Crippen MR) is 130 cm³/mol. The first kappa shape index (κ1) is 22.3. The predicted octanol–water partition coefficient (Wildman–Crippen LogP) is 5.01. The van der Waals surface area contributed by atoms with Gasteiger partial charge in [0, 0.05) is 60.9 Å². The summed E-state index contributed by atoms with van der Waals surface area (Å²) in [5.74, 6) is 1.95. The number of nitrogens with zero attached hydrogens (tertiary/aromatic N) is 4. The molecular formula is C26H29ClN4O. The third kappa shape index (κ3) is 4.94. The van der Waals surface area contributed by atoms with Crippen LogP contribution < -0.4 is 4.90 Å². The van der Waals surface area contributed by atoms with Crippen molar-refractivity contribution in [1.29, 1.82) is 0 Å². The lowest BCUT2D eigenvalue weighted by Gasteiger charge is -2.36. The van der Waals surface area contributed by atoms with Crippen molar-refractivity contribution in [1.82, 2.24) is 14.9 Å². The van der Waals surface area contributed by atoms with Crippen LogP contribution in [0.2, 0.25) is 5.02 Å². The highest BCUT2D eigenvalue weighted by Crippen LogP contribution is 2.29. The van der Waals surface area contributed by atoms with Gasteiger partial charge in [-0.1, -0.05) is 67.9 Å². The van der Waals surface area contributed by atoms with Gasteiger partial charge in [0.15, 0.2) is 5.82 Å². The Morgan fingerprint density at radius 2 is 1.62 bits per heavy atom. The Balaban J connectivity index is 1.73. The van der Waals surface area contributed by atoms with E-state index in [1.807, 2.05) is 42.2 Å². The molecule has 2 heterocycles. The Hall–Kier alpha value is -2.92. The van der Waals surface area contributed by atoms with Crippen molar-refractivity contribution >= 4 is 23.3 Å². The molecule has 32 heavy (non-hydrogen) atoms. The Bertz CT molecular complexity index is 1060. The van der Waals surface area contributed by atoms with Gasteiger partial charge in [0.05, 0.1) is 0 Å². The largest absolute Gasteiger partial charge is 0.353 e. The molecule has 0 aliphatic carbocycles. The number of hydrogen-bond donors (Lipinski definition) is 0. The van der Waals surface area contributed by atoms with E-state index >= 15 is 0 Å². The van der Waals surface area contributed by atoms with E-state index in [1.165, 1.54) is 5.56 Å². The second-order valence-corrected chi connectivity index (χ2v) is 8.48. The summed E-state index contributed by atoms with van der Waals surface area (Å²) in [6.45, 7) is 7.05. The van der Waals surface area contributed by atoms with Crippen molar-refractivity contribution in [2.45, 2.75) is 33.1 Å². The van der Waals surface area contributed by atoms with Gasteiger partial charge in [-0.25, -0.2) is 9.97 Å². The zero-order valence-corrected chi connectivity index (χ0v) is 19.5. The van der Waals surface area contributed by atoms with Crippen LogP contribution in [0.4, 0.5) is 5.82 Å². The van der Waals surface area contributed by atoms with Crippen LogP contribution in [0.25, 0.3) is 11.4 Å². The summed E-state index contributed by atoms with van der Waals surface area (Å²) in [5.41, 5.74) is 4.42. The number of aryl methyl sites for hydroxylation is 1. The fourth-order valence-corrected chi connectivity index (χ4v) is 4.29. The minimum absolute atomic E-state index is 0.216. The molecule has 0 unspecified atom stereocenters. The summed E-state index contributed by atoms with van der Waals surface area (Å²) in [7, 11) is 0. The maximum Gasteiger partial charge on any atom is 0.222 e.